The maximum atomic E-state index is 13.1. The van der Waals surface area contributed by atoms with Gasteiger partial charge in [-0.25, -0.2) is 9.18 Å². The van der Waals surface area contributed by atoms with Gasteiger partial charge in [-0.1, -0.05) is 12.1 Å². The van der Waals surface area contributed by atoms with E-state index < -0.39 is 17.3 Å². The second-order valence-electron chi connectivity index (χ2n) is 4.01. The molecule has 1 aromatic rings. The van der Waals surface area contributed by atoms with Crippen molar-refractivity contribution < 1.29 is 14.3 Å². The van der Waals surface area contributed by atoms with E-state index in [1.165, 1.54) is 25.1 Å². The molecule has 0 aliphatic rings. The third kappa shape index (κ3) is 3.25. The zero-order valence-electron chi connectivity index (χ0n) is 9.74. The van der Waals surface area contributed by atoms with E-state index in [2.05, 4.69) is 5.32 Å². The van der Waals surface area contributed by atoms with Crippen molar-refractivity contribution in [2.75, 3.05) is 13.1 Å². The van der Waals surface area contributed by atoms with Crippen LogP contribution in [-0.4, -0.2) is 24.2 Å². The van der Waals surface area contributed by atoms with Gasteiger partial charge in [-0.3, -0.25) is 5.32 Å². The van der Waals surface area contributed by atoms with Crippen LogP contribution in [0.25, 0.3) is 0 Å². The maximum Gasteiger partial charge on any atom is 0.328 e. The van der Waals surface area contributed by atoms with Crippen LogP contribution in [-0.2, 0) is 10.3 Å². The minimum Gasteiger partial charge on any atom is -0.480 e. The van der Waals surface area contributed by atoms with Crippen molar-refractivity contribution in [2.24, 2.45) is 5.73 Å². The third-order valence-corrected chi connectivity index (χ3v) is 2.69. The first kappa shape index (κ1) is 13.6. The van der Waals surface area contributed by atoms with Gasteiger partial charge in [0, 0.05) is 0 Å². The summed E-state index contributed by atoms with van der Waals surface area (Å²) in [4.78, 5) is 11.3. The van der Waals surface area contributed by atoms with Gasteiger partial charge >= 0.3 is 5.97 Å². The average Bonchev–Trinajstić information content (AvgIpc) is 2.29. The molecule has 0 fully saturated rings. The summed E-state index contributed by atoms with van der Waals surface area (Å²) >= 11 is 0. The van der Waals surface area contributed by atoms with Gasteiger partial charge in [0.2, 0.25) is 0 Å². The maximum absolute atomic E-state index is 13.1. The number of benzene rings is 1. The highest BCUT2D eigenvalue weighted by atomic mass is 19.1. The summed E-state index contributed by atoms with van der Waals surface area (Å²) in [6, 6.07) is 5.60. The number of halogens is 1. The Morgan fingerprint density at radius 3 is 2.82 bits per heavy atom. The summed E-state index contributed by atoms with van der Waals surface area (Å²) < 4.78 is 13.1. The summed E-state index contributed by atoms with van der Waals surface area (Å²) in [5.41, 5.74) is 4.45. The fourth-order valence-corrected chi connectivity index (χ4v) is 1.54. The molecule has 1 aromatic carbocycles. The lowest BCUT2D eigenvalue weighted by molar-refractivity contribution is -0.144. The Kier molecular flexibility index (Phi) is 4.60. The zero-order chi connectivity index (χ0) is 12.9. The summed E-state index contributed by atoms with van der Waals surface area (Å²) in [6.07, 6.45) is 0.665. The highest BCUT2D eigenvalue weighted by molar-refractivity contribution is 5.80. The van der Waals surface area contributed by atoms with Gasteiger partial charge in [0.15, 0.2) is 0 Å². The van der Waals surface area contributed by atoms with Crippen molar-refractivity contribution >= 4 is 5.97 Å². The second kappa shape index (κ2) is 5.75. The van der Waals surface area contributed by atoms with Crippen molar-refractivity contribution in [1.29, 1.82) is 0 Å². The van der Waals surface area contributed by atoms with Crippen LogP contribution in [0.1, 0.15) is 18.9 Å². The van der Waals surface area contributed by atoms with Gasteiger partial charge in [-0.15, -0.1) is 0 Å². The standard InChI is InChI=1S/C12H17FN2O2/c1-12(11(16)17,15-7-3-6-14)9-4-2-5-10(13)8-9/h2,4-5,8,15H,3,6-7,14H2,1H3,(H,16,17). The highest BCUT2D eigenvalue weighted by Crippen LogP contribution is 2.21. The third-order valence-electron chi connectivity index (χ3n) is 2.69. The Morgan fingerprint density at radius 2 is 2.29 bits per heavy atom. The lowest BCUT2D eigenvalue weighted by Crippen LogP contribution is -2.47. The van der Waals surface area contributed by atoms with Crippen LogP contribution in [0.15, 0.2) is 24.3 Å². The number of carbonyl (C=O) groups is 1. The Hall–Kier alpha value is -1.46. The van der Waals surface area contributed by atoms with Gasteiger partial charge in [0.1, 0.15) is 11.4 Å². The number of hydrogen-bond donors (Lipinski definition) is 3. The van der Waals surface area contributed by atoms with Gasteiger partial charge in [-0.05, 0) is 44.1 Å². The molecule has 0 saturated heterocycles. The molecule has 0 aromatic heterocycles. The van der Waals surface area contributed by atoms with Crippen molar-refractivity contribution in [2.45, 2.75) is 18.9 Å². The Labute approximate surface area is 99.6 Å². The van der Waals surface area contributed by atoms with Crippen molar-refractivity contribution in [1.82, 2.24) is 5.32 Å². The monoisotopic (exact) mass is 240 g/mol. The molecule has 1 unspecified atom stereocenters. The van der Waals surface area contributed by atoms with Gasteiger partial charge < -0.3 is 10.8 Å². The lowest BCUT2D eigenvalue weighted by atomic mass is 9.92. The first-order valence-corrected chi connectivity index (χ1v) is 5.45. The van der Waals surface area contributed by atoms with Gasteiger partial charge in [-0.2, -0.15) is 0 Å². The van der Waals surface area contributed by atoms with Crippen LogP contribution in [0.5, 0.6) is 0 Å². The molecule has 4 N–H and O–H groups in total. The van der Waals surface area contributed by atoms with E-state index in [0.717, 1.165) is 0 Å². The SMILES string of the molecule is CC(NCCCN)(C(=O)O)c1cccc(F)c1. The molecular formula is C12H17FN2O2. The van der Waals surface area contributed by atoms with Gasteiger partial charge in [0.05, 0.1) is 0 Å². The summed E-state index contributed by atoms with van der Waals surface area (Å²) in [5, 5.41) is 12.2. The van der Waals surface area contributed by atoms with Crippen LogP contribution in [0, 0.1) is 5.82 Å². The molecule has 0 heterocycles. The molecule has 0 aliphatic carbocycles. The highest BCUT2D eigenvalue weighted by Gasteiger charge is 2.34. The van der Waals surface area contributed by atoms with Crippen LogP contribution < -0.4 is 11.1 Å². The number of aliphatic carboxylic acids is 1. The summed E-state index contributed by atoms with van der Waals surface area (Å²) in [6.45, 7) is 2.46. The molecule has 0 radical (unpaired) electrons. The number of carboxylic acids is 1. The molecule has 1 rings (SSSR count). The van der Waals surface area contributed by atoms with Crippen LogP contribution in [0.4, 0.5) is 4.39 Å². The Balaban J connectivity index is 2.95. The molecular weight excluding hydrogens is 223 g/mol. The van der Waals surface area contributed by atoms with Crippen LogP contribution in [0.2, 0.25) is 0 Å². The zero-order valence-corrected chi connectivity index (χ0v) is 9.74. The smallest absolute Gasteiger partial charge is 0.328 e. The largest absolute Gasteiger partial charge is 0.480 e. The normalized spacial score (nSPS) is 14.3. The molecule has 5 heteroatoms. The predicted octanol–water partition coefficient (Wildman–Crippen LogP) is 1.06. The molecule has 0 bridgehead atoms. The number of nitrogens with two attached hydrogens (primary N) is 1. The second-order valence-corrected chi connectivity index (χ2v) is 4.01. The predicted molar refractivity (Wildman–Crippen MR) is 63.1 cm³/mol. The molecule has 1 atom stereocenters. The van der Waals surface area contributed by atoms with E-state index in [1.807, 2.05) is 0 Å². The molecule has 0 amide bonds. The van der Waals surface area contributed by atoms with E-state index >= 15 is 0 Å². The van der Waals surface area contributed by atoms with E-state index in [1.54, 1.807) is 6.07 Å². The van der Waals surface area contributed by atoms with Crippen molar-refractivity contribution in [3.05, 3.63) is 35.6 Å². The topological polar surface area (TPSA) is 75.3 Å². The molecule has 0 spiro atoms. The van der Waals surface area contributed by atoms with Crippen molar-refractivity contribution in [3.63, 3.8) is 0 Å². The quantitative estimate of drug-likeness (QED) is 0.650. The fraction of sp³-hybridized carbons (Fsp3) is 0.417. The summed E-state index contributed by atoms with van der Waals surface area (Å²) in [7, 11) is 0. The first-order valence-electron chi connectivity index (χ1n) is 5.45. The van der Waals surface area contributed by atoms with E-state index in [-0.39, 0.29) is 0 Å². The molecule has 0 saturated carbocycles. The van der Waals surface area contributed by atoms with Gasteiger partial charge in [0.25, 0.3) is 0 Å². The average molecular weight is 240 g/mol. The minimum absolute atomic E-state index is 0.391. The Morgan fingerprint density at radius 1 is 1.59 bits per heavy atom. The Bertz CT molecular complexity index is 398. The van der Waals surface area contributed by atoms with Crippen molar-refractivity contribution in [3.8, 4) is 0 Å². The molecule has 4 nitrogen and oxygen atoms in total. The first-order chi connectivity index (χ1) is 8.00. The fourth-order valence-electron chi connectivity index (χ4n) is 1.54. The number of hydrogen-bond acceptors (Lipinski definition) is 3. The van der Waals surface area contributed by atoms with E-state index in [4.69, 9.17) is 5.73 Å². The minimum atomic E-state index is -1.29. The van der Waals surface area contributed by atoms with Crippen LogP contribution in [0.3, 0.4) is 0 Å². The van der Waals surface area contributed by atoms with E-state index in [0.29, 0.717) is 25.1 Å². The van der Waals surface area contributed by atoms with E-state index in [9.17, 15) is 14.3 Å². The molecule has 0 aliphatic heterocycles. The number of nitrogens with one attached hydrogen (secondary N) is 1. The molecule has 17 heavy (non-hydrogen) atoms. The number of carboxylic acid groups (broad SMARTS) is 1. The van der Waals surface area contributed by atoms with Crippen LogP contribution >= 0.6 is 0 Å². The number of rotatable bonds is 6. The lowest BCUT2D eigenvalue weighted by Gasteiger charge is -2.27. The molecule has 94 valence electrons. The summed E-state index contributed by atoms with van der Waals surface area (Å²) in [5.74, 6) is -1.49.